The first-order valence-electron chi connectivity index (χ1n) is 10.3. The van der Waals surface area contributed by atoms with Crippen molar-refractivity contribution in [3.8, 4) is 0 Å². The van der Waals surface area contributed by atoms with E-state index in [9.17, 15) is 4.79 Å². The van der Waals surface area contributed by atoms with Crippen LogP contribution in [0, 0.1) is 5.92 Å². The van der Waals surface area contributed by atoms with Gasteiger partial charge in [0.05, 0.1) is 5.92 Å². The molecule has 3 fully saturated rings. The molecule has 26 heavy (non-hydrogen) atoms. The fourth-order valence-electron chi connectivity index (χ4n) is 4.22. The molecule has 2 saturated heterocycles. The number of hydrogen-bond acceptors (Lipinski definition) is 5. The van der Waals surface area contributed by atoms with Gasteiger partial charge in [0.25, 0.3) is 0 Å². The molecule has 1 aromatic rings. The van der Waals surface area contributed by atoms with Crippen LogP contribution in [-0.4, -0.2) is 59.0 Å². The van der Waals surface area contributed by atoms with Crippen molar-refractivity contribution in [2.75, 3.05) is 31.1 Å². The number of aryl methyl sites for hydroxylation is 1. The van der Waals surface area contributed by atoms with Crippen LogP contribution in [0.1, 0.15) is 51.0 Å². The molecule has 1 aliphatic carbocycles. The van der Waals surface area contributed by atoms with Crippen molar-refractivity contribution in [3.63, 3.8) is 0 Å². The zero-order valence-electron chi connectivity index (χ0n) is 15.9. The zero-order valence-corrected chi connectivity index (χ0v) is 15.9. The first-order valence-corrected chi connectivity index (χ1v) is 10.3. The molecule has 0 unspecified atom stereocenters. The van der Waals surface area contributed by atoms with Crippen LogP contribution in [0.2, 0.25) is 0 Å². The Balaban J connectivity index is 1.28. The summed E-state index contributed by atoms with van der Waals surface area (Å²) in [7, 11) is 0. The Kier molecular flexibility index (Phi) is 5.38. The highest BCUT2D eigenvalue weighted by Gasteiger charge is 2.34. The maximum atomic E-state index is 12.4. The number of amides is 1. The molecule has 1 atom stereocenters. The molecule has 6 nitrogen and oxygen atoms in total. The highest BCUT2D eigenvalue weighted by atomic mass is 16.2. The number of likely N-dealkylation sites (tertiary alicyclic amines) is 1. The average molecular weight is 358 g/mol. The SMILES string of the molecule is CCc1cnc(N2CCC(N3CCC[C@H](C(=O)NC4CC4)C3)CC2)nc1. The Bertz CT molecular complexity index is 607. The van der Waals surface area contributed by atoms with Gasteiger partial charge in [0.15, 0.2) is 0 Å². The lowest BCUT2D eigenvalue weighted by Crippen LogP contribution is -2.51. The second-order valence-electron chi connectivity index (χ2n) is 8.08. The van der Waals surface area contributed by atoms with E-state index >= 15 is 0 Å². The molecule has 1 aromatic heterocycles. The van der Waals surface area contributed by atoms with Crippen LogP contribution in [0.15, 0.2) is 12.4 Å². The fraction of sp³-hybridized carbons (Fsp3) is 0.750. The van der Waals surface area contributed by atoms with E-state index in [-0.39, 0.29) is 5.92 Å². The summed E-state index contributed by atoms with van der Waals surface area (Å²) < 4.78 is 0. The van der Waals surface area contributed by atoms with Crippen molar-refractivity contribution in [3.05, 3.63) is 18.0 Å². The Labute approximate surface area is 156 Å². The summed E-state index contributed by atoms with van der Waals surface area (Å²) >= 11 is 0. The summed E-state index contributed by atoms with van der Waals surface area (Å²) in [5.74, 6) is 1.34. The Morgan fingerprint density at radius 1 is 1.12 bits per heavy atom. The molecule has 0 spiro atoms. The minimum atomic E-state index is 0.187. The van der Waals surface area contributed by atoms with Crippen LogP contribution < -0.4 is 10.2 Å². The van der Waals surface area contributed by atoms with Crippen molar-refractivity contribution in [2.45, 2.75) is 64.0 Å². The molecule has 142 valence electrons. The lowest BCUT2D eigenvalue weighted by molar-refractivity contribution is -0.127. The van der Waals surface area contributed by atoms with Gasteiger partial charge in [-0.15, -0.1) is 0 Å². The number of aromatic nitrogens is 2. The van der Waals surface area contributed by atoms with E-state index in [4.69, 9.17) is 0 Å². The lowest BCUT2D eigenvalue weighted by atomic mass is 9.93. The zero-order chi connectivity index (χ0) is 17.9. The molecule has 4 rings (SSSR count). The molecule has 1 N–H and O–H groups in total. The predicted octanol–water partition coefficient (Wildman–Crippen LogP) is 2.00. The van der Waals surface area contributed by atoms with Gasteiger partial charge in [-0.1, -0.05) is 6.92 Å². The Hall–Kier alpha value is -1.69. The molecule has 3 heterocycles. The number of rotatable bonds is 5. The Morgan fingerprint density at radius 3 is 2.50 bits per heavy atom. The van der Waals surface area contributed by atoms with Gasteiger partial charge in [-0.05, 0) is 57.1 Å². The quantitative estimate of drug-likeness (QED) is 0.873. The topological polar surface area (TPSA) is 61.4 Å². The molecular weight excluding hydrogens is 326 g/mol. The van der Waals surface area contributed by atoms with Crippen LogP contribution >= 0.6 is 0 Å². The van der Waals surface area contributed by atoms with Gasteiger partial charge in [0.1, 0.15) is 0 Å². The number of carbonyl (C=O) groups excluding carboxylic acids is 1. The number of nitrogens with one attached hydrogen (secondary N) is 1. The average Bonchev–Trinajstić information content (AvgIpc) is 3.52. The number of hydrogen-bond donors (Lipinski definition) is 1. The number of anilines is 1. The van der Waals surface area contributed by atoms with E-state index in [0.717, 1.165) is 64.2 Å². The number of nitrogens with zero attached hydrogens (tertiary/aromatic N) is 4. The third-order valence-corrected chi connectivity index (χ3v) is 6.11. The minimum Gasteiger partial charge on any atom is -0.353 e. The van der Waals surface area contributed by atoms with Gasteiger partial charge in [0.2, 0.25) is 11.9 Å². The summed E-state index contributed by atoms with van der Waals surface area (Å²) in [6.07, 6.45) is 11.7. The van der Waals surface area contributed by atoms with E-state index in [1.807, 2.05) is 12.4 Å². The highest BCUT2D eigenvalue weighted by Crippen LogP contribution is 2.26. The molecule has 3 aliphatic rings. The number of carbonyl (C=O) groups is 1. The van der Waals surface area contributed by atoms with E-state index in [0.29, 0.717) is 18.0 Å². The molecule has 6 heteroatoms. The summed E-state index contributed by atoms with van der Waals surface area (Å²) in [6.45, 7) is 6.21. The third-order valence-electron chi connectivity index (χ3n) is 6.11. The largest absolute Gasteiger partial charge is 0.353 e. The first kappa shape index (κ1) is 17.7. The van der Waals surface area contributed by atoms with Crippen LogP contribution in [0.5, 0.6) is 0 Å². The molecule has 2 aliphatic heterocycles. The van der Waals surface area contributed by atoms with Crippen molar-refractivity contribution >= 4 is 11.9 Å². The van der Waals surface area contributed by atoms with E-state index in [1.165, 1.54) is 18.4 Å². The normalized spacial score (nSPS) is 25.3. The predicted molar refractivity (Wildman–Crippen MR) is 102 cm³/mol. The van der Waals surface area contributed by atoms with Crippen LogP contribution in [0.4, 0.5) is 5.95 Å². The smallest absolute Gasteiger partial charge is 0.225 e. The molecule has 0 radical (unpaired) electrons. The minimum absolute atomic E-state index is 0.187. The van der Waals surface area contributed by atoms with E-state index in [1.54, 1.807) is 0 Å². The fourth-order valence-corrected chi connectivity index (χ4v) is 4.22. The second-order valence-corrected chi connectivity index (χ2v) is 8.08. The Morgan fingerprint density at radius 2 is 1.85 bits per heavy atom. The van der Waals surface area contributed by atoms with Crippen molar-refractivity contribution in [2.24, 2.45) is 5.92 Å². The second kappa shape index (κ2) is 7.91. The van der Waals surface area contributed by atoms with Crippen molar-refractivity contribution in [1.29, 1.82) is 0 Å². The standard InChI is InChI=1S/C20H31N5O/c1-2-15-12-21-20(22-13-15)24-10-7-18(8-11-24)25-9-3-4-16(14-25)19(26)23-17-5-6-17/h12-13,16-18H,2-11,14H2,1H3,(H,23,26)/t16-/m0/s1. The van der Waals surface area contributed by atoms with Gasteiger partial charge in [-0.2, -0.15) is 0 Å². The van der Waals surface area contributed by atoms with Gasteiger partial charge in [0, 0.05) is 44.1 Å². The van der Waals surface area contributed by atoms with Crippen LogP contribution in [0.3, 0.4) is 0 Å². The molecule has 0 bridgehead atoms. The summed E-state index contributed by atoms with van der Waals surface area (Å²) in [5, 5.41) is 3.19. The van der Waals surface area contributed by atoms with E-state index < -0.39 is 0 Å². The monoisotopic (exact) mass is 357 g/mol. The summed E-state index contributed by atoms with van der Waals surface area (Å²) in [4.78, 5) is 26.3. The molecule has 0 aromatic carbocycles. The van der Waals surface area contributed by atoms with Gasteiger partial charge in [-0.25, -0.2) is 9.97 Å². The van der Waals surface area contributed by atoms with Gasteiger partial charge >= 0.3 is 0 Å². The summed E-state index contributed by atoms with van der Waals surface area (Å²) in [6, 6.07) is 1.07. The molecule has 1 saturated carbocycles. The molecule has 1 amide bonds. The maximum Gasteiger partial charge on any atom is 0.225 e. The van der Waals surface area contributed by atoms with Gasteiger partial charge in [-0.3, -0.25) is 9.69 Å². The first-order chi connectivity index (χ1) is 12.7. The third kappa shape index (κ3) is 4.17. The number of piperidine rings is 2. The maximum absolute atomic E-state index is 12.4. The molecular formula is C20H31N5O. The summed E-state index contributed by atoms with van der Waals surface area (Å²) in [5.41, 5.74) is 1.19. The highest BCUT2D eigenvalue weighted by molar-refractivity contribution is 5.79. The van der Waals surface area contributed by atoms with Crippen molar-refractivity contribution < 1.29 is 4.79 Å². The lowest BCUT2D eigenvalue weighted by Gasteiger charge is -2.42. The van der Waals surface area contributed by atoms with E-state index in [2.05, 4.69) is 32.0 Å². The van der Waals surface area contributed by atoms with Crippen molar-refractivity contribution in [1.82, 2.24) is 20.2 Å². The van der Waals surface area contributed by atoms with Gasteiger partial charge < -0.3 is 10.2 Å². The van der Waals surface area contributed by atoms with Crippen LogP contribution in [0.25, 0.3) is 0 Å². The van der Waals surface area contributed by atoms with Crippen LogP contribution in [-0.2, 0) is 11.2 Å².